The zero-order chi connectivity index (χ0) is 9.52. The molecule has 0 aliphatic heterocycles. The van der Waals surface area contributed by atoms with Gasteiger partial charge in [-0.25, -0.2) is 0 Å². The highest BCUT2D eigenvalue weighted by Crippen LogP contribution is 2.07. The van der Waals surface area contributed by atoms with Crippen LogP contribution in [0.15, 0.2) is 30.3 Å². The molecule has 0 saturated heterocycles. The van der Waals surface area contributed by atoms with Crippen LogP contribution in [0.25, 0.3) is 0 Å². The van der Waals surface area contributed by atoms with E-state index in [0.29, 0.717) is 5.75 Å². The van der Waals surface area contributed by atoms with E-state index in [1.165, 1.54) is 0 Å². The second-order valence-corrected chi connectivity index (χ2v) is 2.30. The summed E-state index contributed by atoms with van der Waals surface area (Å²) in [5, 5.41) is 0. The van der Waals surface area contributed by atoms with Crippen LogP contribution in [0.4, 0.5) is 0 Å². The third-order valence-electron chi connectivity index (χ3n) is 1.36. The maximum absolute atomic E-state index is 10.6. The Bertz CT molecular complexity index is 261. The second-order valence-electron chi connectivity index (χ2n) is 2.30. The maximum atomic E-state index is 10.6. The number of ether oxygens (including phenoxy) is 2. The summed E-state index contributed by atoms with van der Waals surface area (Å²) in [7, 11) is 0. The van der Waals surface area contributed by atoms with Gasteiger partial charge >= 0.3 is 5.97 Å². The Balaban J connectivity index is 2.24. The summed E-state index contributed by atoms with van der Waals surface area (Å²) in [6, 6.07) is 9.09. The Morgan fingerprint density at radius 3 is 2.62 bits per heavy atom. The molecule has 70 valence electrons. The quantitative estimate of drug-likeness (QED) is 0.543. The molecular weight excluding hydrogens is 170 g/mol. The van der Waals surface area contributed by atoms with E-state index in [1.54, 1.807) is 12.1 Å². The zero-order valence-electron chi connectivity index (χ0n) is 7.10. The lowest BCUT2D eigenvalue weighted by Gasteiger charge is -2.05. The molecule has 0 saturated carbocycles. The summed E-state index contributed by atoms with van der Waals surface area (Å²) in [5.41, 5.74) is 5.02. The van der Waals surface area contributed by atoms with Crippen molar-refractivity contribution in [2.45, 2.75) is 0 Å². The SMILES string of the molecule is NCC(=O)OCOc1ccccc1. The summed E-state index contributed by atoms with van der Waals surface area (Å²) >= 11 is 0. The average Bonchev–Trinajstić information content (AvgIpc) is 2.19. The first-order valence-corrected chi connectivity index (χ1v) is 3.86. The van der Waals surface area contributed by atoms with Crippen LogP contribution in [0, 0.1) is 0 Å². The molecule has 0 heterocycles. The zero-order valence-corrected chi connectivity index (χ0v) is 7.10. The smallest absolute Gasteiger partial charge is 0.322 e. The van der Waals surface area contributed by atoms with Gasteiger partial charge in [0.25, 0.3) is 0 Å². The van der Waals surface area contributed by atoms with Crippen LogP contribution in [0.2, 0.25) is 0 Å². The van der Waals surface area contributed by atoms with Gasteiger partial charge in [-0.1, -0.05) is 18.2 Å². The van der Waals surface area contributed by atoms with E-state index in [-0.39, 0.29) is 13.3 Å². The van der Waals surface area contributed by atoms with Crippen LogP contribution < -0.4 is 10.5 Å². The minimum Gasteiger partial charge on any atom is -0.457 e. The summed E-state index contributed by atoms with van der Waals surface area (Å²) < 4.78 is 9.69. The van der Waals surface area contributed by atoms with E-state index in [4.69, 9.17) is 10.5 Å². The minimum absolute atomic E-state index is 0.0972. The normalized spacial score (nSPS) is 9.31. The minimum atomic E-state index is -0.476. The summed E-state index contributed by atoms with van der Waals surface area (Å²) in [5.74, 6) is 0.184. The highest BCUT2D eigenvalue weighted by molar-refractivity contribution is 5.71. The van der Waals surface area contributed by atoms with E-state index in [2.05, 4.69) is 4.74 Å². The maximum Gasteiger partial charge on any atom is 0.322 e. The molecule has 0 spiro atoms. The molecule has 1 rings (SSSR count). The lowest BCUT2D eigenvalue weighted by molar-refractivity contribution is -0.148. The molecular formula is C9H11NO3. The van der Waals surface area contributed by atoms with Crippen molar-refractivity contribution in [1.82, 2.24) is 0 Å². The van der Waals surface area contributed by atoms with Crippen LogP contribution in [0.1, 0.15) is 0 Å². The molecule has 4 nitrogen and oxygen atoms in total. The van der Waals surface area contributed by atoms with Crippen LogP contribution >= 0.6 is 0 Å². The number of carbonyl (C=O) groups is 1. The Morgan fingerprint density at radius 2 is 2.00 bits per heavy atom. The first-order valence-electron chi connectivity index (χ1n) is 3.86. The number of benzene rings is 1. The predicted octanol–water partition coefficient (Wildman–Crippen LogP) is 0.525. The molecule has 2 N–H and O–H groups in total. The van der Waals surface area contributed by atoms with Crippen molar-refractivity contribution in [3.8, 4) is 5.75 Å². The number of rotatable bonds is 4. The summed E-state index contributed by atoms with van der Waals surface area (Å²) in [4.78, 5) is 10.6. The highest BCUT2D eigenvalue weighted by atomic mass is 16.7. The van der Waals surface area contributed by atoms with Gasteiger partial charge < -0.3 is 15.2 Å². The van der Waals surface area contributed by atoms with Crippen LogP contribution in [0.3, 0.4) is 0 Å². The molecule has 0 unspecified atom stereocenters. The third kappa shape index (κ3) is 3.57. The van der Waals surface area contributed by atoms with Gasteiger partial charge in [0.2, 0.25) is 6.79 Å². The molecule has 0 aliphatic carbocycles. The van der Waals surface area contributed by atoms with Gasteiger partial charge in [-0.05, 0) is 12.1 Å². The second kappa shape index (κ2) is 5.16. The third-order valence-corrected chi connectivity index (χ3v) is 1.36. The molecule has 0 fully saturated rings. The monoisotopic (exact) mass is 181 g/mol. The highest BCUT2D eigenvalue weighted by Gasteiger charge is 1.97. The molecule has 4 heteroatoms. The van der Waals surface area contributed by atoms with Crippen molar-refractivity contribution in [2.24, 2.45) is 5.73 Å². The van der Waals surface area contributed by atoms with Gasteiger partial charge in [0.05, 0.1) is 6.54 Å². The van der Waals surface area contributed by atoms with Crippen molar-refractivity contribution in [3.05, 3.63) is 30.3 Å². The fourth-order valence-corrected chi connectivity index (χ4v) is 0.739. The molecule has 0 amide bonds. The molecule has 0 atom stereocenters. The van der Waals surface area contributed by atoms with Gasteiger partial charge in [-0.15, -0.1) is 0 Å². The van der Waals surface area contributed by atoms with Crippen LogP contribution in [0.5, 0.6) is 5.75 Å². The van der Waals surface area contributed by atoms with Crippen molar-refractivity contribution >= 4 is 5.97 Å². The van der Waals surface area contributed by atoms with Crippen molar-refractivity contribution < 1.29 is 14.3 Å². The first kappa shape index (κ1) is 9.54. The van der Waals surface area contributed by atoms with Crippen molar-refractivity contribution in [1.29, 1.82) is 0 Å². The number of hydrogen-bond donors (Lipinski definition) is 1. The van der Waals surface area contributed by atoms with Crippen LogP contribution in [-0.4, -0.2) is 19.3 Å². The van der Waals surface area contributed by atoms with Crippen LogP contribution in [-0.2, 0) is 9.53 Å². The lowest BCUT2D eigenvalue weighted by Crippen LogP contribution is -2.19. The van der Waals surface area contributed by atoms with Gasteiger partial charge in [0.1, 0.15) is 5.75 Å². The number of nitrogens with two attached hydrogens (primary N) is 1. The Labute approximate surface area is 76.3 Å². The molecule has 0 radical (unpaired) electrons. The fourth-order valence-electron chi connectivity index (χ4n) is 0.739. The Hall–Kier alpha value is -1.55. The van der Waals surface area contributed by atoms with Gasteiger partial charge in [0, 0.05) is 0 Å². The van der Waals surface area contributed by atoms with E-state index >= 15 is 0 Å². The number of para-hydroxylation sites is 1. The Kier molecular flexibility index (Phi) is 3.78. The van der Waals surface area contributed by atoms with E-state index < -0.39 is 5.97 Å². The summed E-state index contributed by atoms with van der Waals surface area (Å²) in [6.45, 7) is -0.224. The molecule has 1 aromatic carbocycles. The fraction of sp³-hybridized carbons (Fsp3) is 0.222. The van der Waals surface area contributed by atoms with E-state index in [0.717, 1.165) is 0 Å². The molecule has 0 bridgehead atoms. The van der Waals surface area contributed by atoms with E-state index in [9.17, 15) is 4.79 Å². The van der Waals surface area contributed by atoms with Gasteiger partial charge in [-0.2, -0.15) is 0 Å². The van der Waals surface area contributed by atoms with Crippen molar-refractivity contribution in [2.75, 3.05) is 13.3 Å². The standard InChI is InChI=1S/C9H11NO3/c10-6-9(11)13-7-12-8-4-2-1-3-5-8/h1-5H,6-7,10H2. The van der Waals surface area contributed by atoms with Gasteiger partial charge in [0.15, 0.2) is 0 Å². The topological polar surface area (TPSA) is 61.6 Å². The van der Waals surface area contributed by atoms with Gasteiger partial charge in [-0.3, -0.25) is 4.79 Å². The predicted molar refractivity (Wildman–Crippen MR) is 47.1 cm³/mol. The van der Waals surface area contributed by atoms with E-state index in [1.807, 2.05) is 18.2 Å². The number of carbonyl (C=O) groups excluding carboxylic acids is 1. The average molecular weight is 181 g/mol. The van der Waals surface area contributed by atoms with Crippen molar-refractivity contribution in [3.63, 3.8) is 0 Å². The molecule has 0 aliphatic rings. The largest absolute Gasteiger partial charge is 0.457 e. The molecule has 0 aromatic heterocycles. The molecule has 1 aromatic rings. The number of hydrogen-bond acceptors (Lipinski definition) is 4. The Morgan fingerprint density at radius 1 is 1.31 bits per heavy atom. The lowest BCUT2D eigenvalue weighted by atomic mass is 10.3. The molecule has 13 heavy (non-hydrogen) atoms. The summed E-state index contributed by atoms with van der Waals surface area (Å²) in [6.07, 6.45) is 0. The number of esters is 1. The first-order chi connectivity index (χ1) is 6.33.